The third kappa shape index (κ3) is 8.18. The first-order valence-corrected chi connectivity index (χ1v) is 11.7. The SMILES string of the molecule is CN(C)CC(C)(C)CNC(=O)C1CCN(CCSC2CCCCC2)CC1. The summed E-state index contributed by atoms with van der Waals surface area (Å²) >= 11 is 2.19. The second-order valence-electron chi connectivity index (χ2n) is 9.37. The van der Waals surface area contributed by atoms with E-state index in [1.165, 1.54) is 44.4 Å². The number of hydrogen-bond donors (Lipinski definition) is 1. The molecular weight excluding hydrogens is 342 g/mol. The van der Waals surface area contributed by atoms with Crippen LogP contribution >= 0.6 is 11.8 Å². The standard InChI is InChI=1S/C21H41N3OS/c1-21(2,17-23(3)4)16-22-20(25)18-10-12-24(13-11-18)14-15-26-19-8-6-5-7-9-19/h18-19H,5-17H2,1-4H3,(H,22,25). The molecule has 0 unspecified atom stereocenters. The molecule has 1 amide bonds. The van der Waals surface area contributed by atoms with E-state index in [1.807, 2.05) is 0 Å². The Hall–Kier alpha value is -0.260. The predicted molar refractivity (Wildman–Crippen MR) is 114 cm³/mol. The quantitative estimate of drug-likeness (QED) is 0.661. The average molecular weight is 384 g/mol. The van der Waals surface area contributed by atoms with E-state index in [-0.39, 0.29) is 17.2 Å². The molecule has 2 aliphatic rings. The van der Waals surface area contributed by atoms with Gasteiger partial charge >= 0.3 is 0 Å². The largest absolute Gasteiger partial charge is 0.355 e. The summed E-state index contributed by atoms with van der Waals surface area (Å²) < 4.78 is 0. The number of nitrogens with zero attached hydrogens (tertiary/aromatic N) is 2. The molecule has 0 radical (unpaired) electrons. The van der Waals surface area contributed by atoms with Gasteiger partial charge in [0.15, 0.2) is 0 Å². The highest BCUT2D eigenvalue weighted by Gasteiger charge is 2.27. The zero-order valence-electron chi connectivity index (χ0n) is 17.6. The van der Waals surface area contributed by atoms with Crippen LogP contribution in [-0.2, 0) is 4.79 Å². The van der Waals surface area contributed by atoms with Crippen molar-refractivity contribution in [3.05, 3.63) is 0 Å². The monoisotopic (exact) mass is 383 g/mol. The number of rotatable bonds is 9. The molecule has 0 aromatic heterocycles. The van der Waals surface area contributed by atoms with Crippen LogP contribution in [0.2, 0.25) is 0 Å². The molecule has 0 bridgehead atoms. The molecule has 4 nitrogen and oxygen atoms in total. The highest BCUT2D eigenvalue weighted by molar-refractivity contribution is 7.99. The van der Waals surface area contributed by atoms with E-state index in [2.05, 4.69) is 54.8 Å². The molecule has 0 atom stereocenters. The minimum atomic E-state index is 0.121. The van der Waals surface area contributed by atoms with Gasteiger partial charge in [-0.2, -0.15) is 11.8 Å². The zero-order valence-corrected chi connectivity index (χ0v) is 18.4. The van der Waals surface area contributed by atoms with Crippen molar-refractivity contribution in [2.75, 3.05) is 52.6 Å². The van der Waals surface area contributed by atoms with Crippen LogP contribution in [0.3, 0.4) is 0 Å². The molecule has 2 rings (SSSR count). The summed E-state index contributed by atoms with van der Waals surface area (Å²) in [7, 11) is 4.18. The molecule has 1 heterocycles. The first kappa shape index (κ1) is 22.0. The van der Waals surface area contributed by atoms with Gasteiger partial charge < -0.3 is 15.1 Å². The number of carbonyl (C=O) groups excluding carboxylic acids is 1. The lowest BCUT2D eigenvalue weighted by Gasteiger charge is -2.33. The van der Waals surface area contributed by atoms with Crippen molar-refractivity contribution < 1.29 is 4.79 Å². The van der Waals surface area contributed by atoms with E-state index in [4.69, 9.17) is 0 Å². The van der Waals surface area contributed by atoms with Crippen molar-refractivity contribution in [3.63, 3.8) is 0 Å². The van der Waals surface area contributed by atoms with E-state index in [9.17, 15) is 4.79 Å². The minimum Gasteiger partial charge on any atom is -0.355 e. The predicted octanol–water partition coefficient (Wildman–Crippen LogP) is 3.47. The molecular formula is C21H41N3OS. The van der Waals surface area contributed by atoms with Crippen LogP contribution < -0.4 is 5.32 Å². The molecule has 26 heavy (non-hydrogen) atoms. The van der Waals surface area contributed by atoms with E-state index < -0.39 is 0 Å². The van der Waals surface area contributed by atoms with Gasteiger partial charge in [-0.15, -0.1) is 0 Å². The maximum Gasteiger partial charge on any atom is 0.223 e. The van der Waals surface area contributed by atoms with Gasteiger partial charge in [0.05, 0.1) is 0 Å². The lowest BCUT2D eigenvalue weighted by Crippen LogP contribution is -2.45. The third-order valence-corrected chi connectivity index (χ3v) is 7.12. The maximum absolute atomic E-state index is 12.5. The zero-order chi connectivity index (χ0) is 19.0. The van der Waals surface area contributed by atoms with Crippen LogP contribution in [0.25, 0.3) is 0 Å². The van der Waals surface area contributed by atoms with Crippen LogP contribution in [0.5, 0.6) is 0 Å². The van der Waals surface area contributed by atoms with Crippen LogP contribution in [0.1, 0.15) is 58.8 Å². The summed E-state index contributed by atoms with van der Waals surface area (Å²) in [6.07, 6.45) is 9.21. The number of piperidine rings is 1. The second kappa shape index (κ2) is 10.9. The number of carbonyl (C=O) groups is 1. The lowest BCUT2D eigenvalue weighted by molar-refractivity contribution is -0.126. The van der Waals surface area contributed by atoms with Crippen molar-refractivity contribution in [1.29, 1.82) is 0 Å². The Morgan fingerprint density at radius 3 is 2.38 bits per heavy atom. The summed E-state index contributed by atoms with van der Waals surface area (Å²) in [4.78, 5) is 17.3. The number of thioether (sulfide) groups is 1. The Kier molecular flexibility index (Phi) is 9.25. The van der Waals surface area contributed by atoms with Crippen molar-refractivity contribution >= 4 is 17.7 Å². The van der Waals surface area contributed by atoms with E-state index in [0.29, 0.717) is 0 Å². The van der Waals surface area contributed by atoms with Crippen molar-refractivity contribution in [3.8, 4) is 0 Å². The Morgan fingerprint density at radius 1 is 1.12 bits per heavy atom. The van der Waals surface area contributed by atoms with Crippen LogP contribution in [-0.4, -0.2) is 73.5 Å². The summed E-state index contributed by atoms with van der Waals surface area (Å²) in [5.74, 6) is 1.75. The highest BCUT2D eigenvalue weighted by Crippen LogP contribution is 2.28. The molecule has 0 aromatic rings. The third-order valence-electron chi connectivity index (χ3n) is 5.76. The molecule has 1 N–H and O–H groups in total. The van der Waals surface area contributed by atoms with Gasteiger partial charge in [0, 0.05) is 36.6 Å². The average Bonchev–Trinajstić information content (AvgIpc) is 2.60. The summed E-state index contributed by atoms with van der Waals surface area (Å²) in [5, 5.41) is 4.13. The van der Waals surface area contributed by atoms with Crippen molar-refractivity contribution in [2.24, 2.45) is 11.3 Å². The van der Waals surface area contributed by atoms with Crippen LogP contribution in [0, 0.1) is 11.3 Å². The van der Waals surface area contributed by atoms with Gasteiger partial charge in [-0.1, -0.05) is 33.1 Å². The smallest absolute Gasteiger partial charge is 0.223 e. The molecule has 0 spiro atoms. The Labute approximate surface area is 165 Å². The van der Waals surface area contributed by atoms with Crippen LogP contribution in [0.15, 0.2) is 0 Å². The number of likely N-dealkylation sites (tertiary alicyclic amines) is 1. The van der Waals surface area contributed by atoms with E-state index >= 15 is 0 Å². The number of hydrogen-bond acceptors (Lipinski definition) is 4. The van der Waals surface area contributed by atoms with Crippen molar-refractivity contribution in [1.82, 2.24) is 15.1 Å². The summed E-state index contributed by atoms with van der Waals surface area (Å²) in [6, 6.07) is 0. The lowest BCUT2D eigenvalue weighted by atomic mass is 9.91. The van der Waals surface area contributed by atoms with Crippen molar-refractivity contribution in [2.45, 2.75) is 64.0 Å². The molecule has 5 heteroatoms. The Morgan fingerprint density at radius 2 is 1.77 bits per heavy atom. The van der Waals surface area contributed by atoms with Crippen LogP contribution in [0.4, 0.5) is 0 Å². The fraction of sp³-hybridized carbons (Fsp3) is 0.952. The van der Waals surface area contributed by atoms with Gasteiger partial charge in [-0.05, 0) is 58.3 Å². The molecule has 2 fully saturated rings. The Bertz CT molecular complexity index is 413. The number of nitrogens with one attached hydrogen (secondary N) is 1. The molecule has 1 saturated heterocycles. The minimum absolute atomic E-state index is 0.121. The van der Waals surface area contributed by atoms with Gasteiger partial charge in [0.25, 0.3) is 0 Å². The molecule has 1 saturated carbocycles. The normalized spacial score (nSPS) is 21.3. The van der Waals surface area contributed by atoms with Gasteiger partial charge in [-0.3, -0.25) is 4.79 Å². The number of amides is 1. The Balaban J connectivity index is 1.59. The van der Waals surface area contributed by atoms with Gasteiger partial charge in [-0.25, -0.2) is 0 Å². The first-order valence-electron chi connectivity index (χ1n) is 10.6. The molecule has 152 valence electrons. The second-order valence-corrected chi connectivity index (χ2v) is 10.8. The fourth-order valence-electron chi connectivity index (χ4n) is 4.38. The van der Waals surface area contributed by atoms with E-state index in [0.717, 1.165) is 44.3 Å². The van der Waals surface area contributed by atoms with Gasteiger partial charge in [0.2, 0.25) is 5.91 Å². The first-order chi connectivity index (χ1) is 12.4. The van der Waals surface area contributed by atoms with Gasteiger partial charge in [0.1, 0.15) is 0 Å². The summed E-state index contributed by atoms with van der Waals surface area (Å²) in [6.45, 7) is 9.58. The fourth-order valence-corrected chi connectivity index (χ4v) is 5.75. The topological polar surface area (TPSA) is 35.6 Å². The molecule has 1 aliphatic carbocycles. The molecule has 1 aliphatic heterocycles. The highest BCUT2D eigenvalue weighted by atomic mass is 32.2. The summed E-state index contributed by atoms with van der Waals surface area (Å²) in [5.41, 5.74) is 0.121. The maximum atomic E-state index is 12.5. The van der Waals surface area contributed by atoms with E-state index in [1.54, 1.807) is 0 Å². The molecule has 0 aromatic carbocycles.